The van der Waals surface area contributed by atoms with Gasteiger partial charge < -0.3 is 5.73 Å². The average Bonchev–Trinajstić information content (AvgIpc) is 2.79. The lowest BCUT2D eigenvalue weighted by Gasteiger charge is -2.14. The fraction of sp³-hybridized carbons (Fsp3) is 0.200. The molecule has 0 saturated carbocycles. The smallest absolute Gasteiger partial charge is 0.242 e. The number of nitrogen functional groups attached to an aromatic ring is 1. The molecule has 6 heteroatoms. The van der Waals surface area contributed by atoms with Gasteiger partial charge in [0.25, 0.3) is 0 Å². The number of sulfonamides is 1. The van der Waals surface area contributed by atoms with Gasteiger partial charge >= 0.3 is 0 Å². The monoisotopic (exact) mass is 366 g/mol. The molecule has 0 spiro atoms. The fourth-order valence-electron chi connectivity index (χ4n) is 2.69. The summed E-state index contributed by atoms with van der Waals surface area (Å²) in [6, 6.07) is 12.7. The van der Waals surface area contributed by atoms with Crippen LogP contribution >= 0.6 is 15.9 Å². The number of rotatable bonds is 3. The highest BCUT2D eigenvalue weighted by Gasteiger charge is 2.27. The Morgan fingerprint density at radius 2 is 1.71 bits per heavy atom. The molecule has 21 heavy (non-hydrogen) atoms. The van der Waals surface area contributed by atoms with E-state index in [1.165, 1.54) is 17.2 Å². The van der Waals surface area contributed by atoms with Gasteiger partial charge in [0, 0.05) is 10.5 Å². The zero-order valence-electron chi connectivity index (χ0n) is 11.2. The molecule has 1 aliphatic rings. The number of anilines is 1. The zero-order valence-corrected chi connectivity index (χ0v) is 13.6. The van der Waals surface area contributed by atoms with Crippen LogP contribution in [0.5, 0.6) is 0 Å². The third-order valence-electron chi connectivity index (χ3n) is 3.63. The molecule has 0 amide bonds. The highest BCUT2D eigenvalue weighted by atomic mass is 79.9. The Balaban J connectivity index is 1.82. The van der Waals surface area contributed by atoms with Crippen molar-refractivity contribution >= 4 is 31.6 Å². The van der Waals surface area contributed by atoms with Crippen molar-refractivity contribution in [2.45, 2.75) is 23.8 Å². The van der Waals surface area contributed by atoms with Crippen LogP contribution in [-0.4, -0.2) is 14.5 Å². The third-order valence-corrected chi connectivity index (χ3v) is 5.72. The summed E-state index contributed by atoms with van der Waals surface area (Å²) in [5, 5.41) is 0. The van der Waals surface area contributed by atoms with Gasteiger partial charge in [-0.15, -0.1) is 0 Å². The maximum atomic E-state index is 12.5. The molecule has 0 bridgehead atoms. The van der Waals surface area contributed by atoms with Gasteiger partial charge in [0.2, 0.25) is 10.0 Å². The Hall–Kier alpha value is -1.37. The molecule has 2 aromatic carbocycles. The van der Waals surface area contributed by atoms with Gasteiger partial charge in [-0.05, 0) is 42.2 Å². The van der Waals surface area contributed by atoms with E-state index >= 15 is 0 Å². The molecule has 110 valence electrons. The summed E-state index contributed by atoms with van der Waals surface area (Å²) >= 11 is 3.28. The van der Waals surface area contributed by atoms with Gasteiger partial charge in [-0.2, -0.15) is 0 Å². The Labute approximate surface area is 132 Å². The van der Waals surface area contributed by atoms with E-state index in [-0.39, 0.29) is 16.6 Å². The van der Waals surface area contributed by atoms with Crippen molar-refractivity contribution in [2.24, 2.45) is 0 Å². The van der Waals surface area contributed by atoms with Crippen molar-refractivity contribution in [1.29, 1.82) is 0 Å². The molecule has 0 atom stereocenters. The van der Waals surface area contributed by atoms with Crippen molar-refractivity contribution in [3.05, 3.63) is 58.1 Å². The van der Waals surface area contributed by atoms with Crippen LogP contribution in [0.1, 0.15) is 11.1 Å². The molecular weight excluding hydrogens is 352 g/mol. The molecule has 3 rings (SSSR count). The Bertz CT molecular complexity index is 765. The first-order valence-corrected chi connectivity index (χ1v) is 8.87. The van der Waals surface area contributed by atoms with E-state index in [9.17, 15) is 8.42 Å². The van der Waals surface area contributed by atoms with Gasteiger partial charge in [-0.1, -0.05) is 40.2 Å². The summed E-state index contributed by atoms with van der Waals surface area (Å²) in [5.41, 5.74) is 8.47. The van der Waals surface area contributed by atoms with Crippen LogP contribution in [0.2, 0.25) is 0 Å². The molecule has 0 saturated heterocycles. The van der Waals surface area contributed by atoms with Crippen LogP contribution < -0.4 is 10.5 Å². The first kappa shape index (κ1) is 14.6. The topological polar surface area (TPSA) is 72.2 Å². The predicted octanol–water partition coefficient (Wildman–Crippen LogP) is 2.48. The zero-order chi connectivity index (χ0) is 15.0. The van der Waals surface area contributed by atoms with Gasteiger partial charge in [0.05, 0.1) is 5.69 Å². The molecule has 2 aromatic rings. The number of nitrogens with one attached hydrogen (secondary N) is 1. The lowest BCUT2D eigenvalue weighted by molar-refractivity contribution is 0.556. The Morgan fingerprint density at radius 1 is 1.10 bits per heavy atom. The minimum atomic E-state index is -3.60. The van der Waals surface area contributed by atoms with Crippen LogP contribution in [0.3, 0.4) is 0 Å². The third kappa shape index (κ3) is 2.97. The molecule has 0 aliphatic heterocycles. The van der Waals surface area contributed by atoms with E-state index < -0.39 is 10.0 Å². The maximum absolute atomic E-state index is 12.5. The van der Waals surface area contributed by atoms with Crippen LogP contribution in [0.25, 0.3) is 0 Å². The Morgan fingerprint density at radius 3 is 2.29 bits per heavy atom. The quantitative estimate of drug-likeness (QED) is 0.819. The van der Waals surface area contributed by atoms with Gasteiger partial charge in [0.1, 0.15) is 4.90 Å². The van der Waals surface area contributed by atoms with E-state index in [0.717, 1.165) is 4.47 Å². The molecule has 1 aliphatic carbocycles. The fourth-order valence-corrected chi connectivity index (χ4v) is 4.42. The number of hydrogen-bond donors (Lipinski definition) is 2. The van der Waals surface area contributed by atoms with Crippen LogP contribution in [0.4, 0.5) is 5.69 Å². The summed E-state index contributed by atoms with van der Waals surface area (Å²) in [7, 11) is -3.60. The lowest BCUT2D eigenvalue weighted by atomic mass is 10.1. The standard InChI is InChI=1S/C15H15BrN2O2S/c16-12-5-6-15(14(17)9-12)21(19,20)18-13-7-10-3-1-2-4-11(10)8-13/h1-6,9,13,18H,7-8,17H2. The summed E-state index contributed by atoms with van der Waals surface area (Å²) in [5.74, 6) is 0. The minimum absolute atomic E-state index is 0.115. The normalized spacial score (nSPS) is 15.1. The van der Waals surface area contributed by atoms with Crippen molar-refractivity contribution in [2.75, 3.05) is 5.73 Å². The number of halogens is 1. The maximum Gasteiger partial charge on any atom is 0.242 e. The van der Waals surface area contributed by atoms with Crippen molar-refractivity contribution in [1.82, 2.24) is 4.72 Å². The molecule has 0 radical (unpaired) electrons. The molecular formula is C15H15BrN2O2S. The number of fused-ring (bicyclic) bond motifs is 1. The number of benzene rings is 2. The Kier molecular flexibility index (Phi) is 3.77. The van der Waals surface area contributed by atoms with Crippen molar-refractivity contribution in [3.63, 3.8) is 0 Å². The van der Waals surface area contributed by atoms with Crippen LogP contribution in [0, 0.1) is 0 Å². The first-order valence-electron chi connectivity index (χ1n) is 6.60. The molecule has 0 heterocycles. The second-order valence-electron chi connectivity index (χ2n) is 5.18. The van der Waals surface area contributed by atoms with Crippen LogP contribution in [0.15, 0.2) is 51.8 Å². The second kappa shape index (κ2) is 5.44. The highest BCUT2D eigenvalue weighted by Crippen LogP contribution is 2.26. The summed E-state index contributed by atoms with van der Waals surface area (Å²) in [4.78, 5) is 0.127. The first-order chi connectivity index (χ1) is 9.95. The SMILES string of the molecule is Nc1cc(Br)ccc1S(=O)(=O)NC1Cc2ccccc2C1. The molecule has 4 nitrogen and oxygen atoms in total. The van der Waals surface area contributed by atoms with E-state index in [1.54, 1.807) is 12.1 Å². The average molecular weight is 367 g/mol. The van der Waals surface area contributed by atoms with Crippen LogP contribution in [-0.2, 0) is 22.9 Å². The molecule has 3 N–H and O–H groups in total. The van der Waals surface area contributed by atoms with Gasteiger partial charge in [0.15, 0.2) is 0 Å². The molecule has 0 unspecified atom stereocenters. The van der Waals surface area contributed by atoms with E-state index in [2.05, 4.69) is 20.7 Å². The lowest BCUT2D eigenvalue weighted by Crippen LogP contribution is -2.35. The van der Waals surface area contributed by atoms with E-state index in [4.69, 9.17) is 5.73 Å². The van der Waals surface area contributed by atoms with E-state index in [0.29, 0.717) is 12.8 Å². The van der Waals surface area contributed by atoms with Gasteiger partial charge in [-0.25, -0.2) is 13.1 Å². The summed E-state index contributed by atoms with van der Waals surface area (Å²) < 4.78 is 28.4. The number of nitrogens with two attached hydrogens (primary N) is 1. The summed E-state index contributed by atoms with van der Waals surface area (Å²) in [6.45, 7) is 0. The highest BCUT2D eigenvalue weighted by molar-refractivity contribution is 9.10. The second-order valence-corrected chi connectivity index (χ2v) is 7.78. The number of hydrogen-bond acceptors (Lipinski definition) is 3. The molecule has 0 aromatic heterocycles. The molecule has 0 fully saturated rings. The van der Waals surface area contributed by atoms with Crippen molar-refractivity contribution in [3.8, 4) is 0 Å². The minimum Gasteiger partial charge on any atom is -0.398 e. The van der Waals surface area contributed by atoms with E-state index in [1.807, 2.05) is 24.3 Å². The largest absolute Gasteiger partial charge is 0.398 e. The van der Waals surface area contributed by atoms with Crippen molar-refractivity contribution < 1.29 is 8.42 Å². The van der Waals surface area contributed by atoms with Gasteiger partial charge in [-0.3, -0.25) is 0 Å². The predicted molar refractivity (Wildman–Crippen MR) is 86.5 cm³/mol. The summed E-state index contributed by atoms with van der Waals surface area (Å²) in [6.07, 6.45) is 1.43.